The lowest BCUT2D eigenvalue weighted by Crippen LogP contribution is -2.11. The summed E-state index contributed by atoms with van der Waals surface area (Å²) in [6.45, 7) is 4.52. The maximum atomic E-state index is 5.53. The fraction of sp³-hybridized carbons (Fsp3) is 0.0800. The number of anilines is 6. The summed E-state index contributed by atoms with van der Waals surface area (Å²) in [4.78, 5) is 4.72. The Labute approximate surface area is 316 Å². The van der Waals surface area contributed by atoms with Crippen LogP contribution >= 0.6 is 0 Å². The molecule has 0 spiro atoms. The van der Waals surface area contributed by atoms with Crippen molar-refractivity contribution in [3.8, 4) is 11.5 Å². The van der Waals surface area contributed by atoms with E-state index in [4.69, 9.17) is 9.47 Å². The highest BCUT2D eigenvalue weighted by molar-refractivity contribution is 6.09. The average molecular weight is 701 g/mol. The highest BCUT2D eigenvalue weighted by Gasteiger charge is 2.20. The van der Waals surface area contributed by atoms with E-state index in [0.717, 1.165) is 45.6 Å². The Morgan fingerprint density at radius 2 is 0.704 bits per heavy atom. The molecule has 0 saturated carbocycles. The molecule has 54 heavy (non-hydrogen) atoms. The Morgan fingerprint density at radius 1 is 0.333 bits per heavy atom. The summed E-state index contributed by atoms with van der Waals surface area (Å²) in [6, 6.07) is 60.7. The van der Waals surface area contributed by atoms with Crippen LogP contribution in [0.4, 0.5) is 34.1 Å². The normalized spacial score (nSPS) is 11.3. The van der Waals surface area contributed by atoms with Gasteiger partial charge < -0.3 is 19.3 Å². The van der Waals surface area contributed by atoms with Gasteiger partial charge in [-0.1, -0.05) is 84.9 Å². The second kappa shape index (κ2) is 13.6. The lowest BCUT2D eigenvalue weighted by atomic mass is 9.92. The molecule has 0 bridgehead atoms. The number of nitrogens with zero attached hydrogens (tertiary/aromatic N) is 2. The zero-order chi connectivity index (χ0) is 36.8. The van der Waals surface area contributed by atoms with Crippen molar-refractivity contribution < 1.29 is 9.47 Å². The van der Waals surface area contributed by atoms with E-state index >= 15 is 0 Å². The molecule has 0 atom stereocenters. The molecule has 0 unspecified atom stereocenters. The maximum absolute atomic E-state index is 5.53. The van der Waals surface area contributed by atoms with Gasteiger partial charge in [0.1, 0.15) is 11.5 Å². The Balaban J connectivity index is 1.22. The number of hydrogen-bond donors (Lipinski definition) is 0. The molecule has 4 heteroatoms. The Bertz CT molecular complexity index is 2620. The van der Waals surface area contributed by atoms with Crippen LogP contribution in [-0.4, -0.2) is 14.2 Å². The summed E-state index contributed by atoms with van der Waals surface area (Å²) in [5.41, 5.74) is 9.11. The molecule has 4 nitrogen and oxygen atoms in total. The van der Waals surface area contributed by atoms with Crippen molar-refractivity contribution in [2.45, 2.75) is 13.8 Å². The summed E-state index contributed by atoms with van der Waals surface area (Å²) in [5.74, 6) is 1.66. The average Bonchev–Trinajstić information content (AvgIpc) is 3.23. The lowest BCUT2D eigenvalue weighted by molar-refractivity contribution is 0.414. The van der Waals surface area contributed by atoms with Crippen molar-refractivity contribution in [2.24, 2.45) is 0 Å². The van der Waals surface area contributed by atoms with Gasteiger partial charge in [-0.25, -0.2) is 0 Å². The van der Waals surface area contributed by atoms with Crippen molar-refractivity contribution >= 4 is 77.2 Å². The maximum Gasteiger partial charge on any atom is 0.119 e. The summed E-state index contributed by atoms with van der Waals surface area (Å²) < 4.78 is 11.1. The van der Waals surface area contributed by atoms with Crippen LogP contribution in [0.1, 0.15) is 11.1 Å². The van der Waals surface area contributed by atoms with Gasteiger partial charge >= 0.3 is 0 Å². The highest BCUT2D eigenvalue weighted by Crippen LogP contribution is 2.45. The third-order valence-corrected chi connectivity index (χ3v) is 10.8. The quantitative estimate of drug-likeness (QED) is 0.147. The third kappa shape index (κ3) is 5.64. The van der Waals surface area contributed by atoms with Gasteiger partial charge in [-0.2, -0.15) is 0 Å². The van der Waals surface area contributed by atoms with E-state index in [1.54, 1.807) is 14.2 Å². The van der Waals surface area contributed by atoms with E-state index < -0.39 is 0 Å². The minimum Gasteiger partial charge on any atom is -0.497 e. The van der Waals surface area contributed by atoms with Gasteiger partial charge in [0.15, 0.2) is 0 Å². The number of hydrogen-bond acceptors (Lipinski definition) is 4. The first-order valence-electron chi connectivity index (χ1n) is 18.3. The number of fused-ring (bicyclic) bond motifs is 4. The van der Waals surface area contributed by atoms with Crippen molar-refractivity contribution in [2.75, 3.05) is 24.0 Å². The summed E-state index contributed by atoms with van der Waals surface area (Å²) in [7, 11) is 3.42. The standard InChI is InChI=1S/C50H40N2O2/c1-33-43-29-23-40(52(38-21-27-42(54-4)28-22-38)50-18-10-14-36-12-6-8-16-46(36)50)32-48(43)34(2)44-30-24-39(31-47(33)44)51(37-19-25-41(53-3)26-20-37)49-17-9-13-35-11-5-7-15-45(35)49/h5-32H,1-4H3. The Morgan fingerprint density at radius 3 is 1.11 bits per heavy atom. The number of rotatable bonds is 8. The van der Waals surface area contributed by atoms with E-state index in [2.05, 4.69) is 169 Å². The number of aryl methyl sites for hydroxylation is 2. The minimum absolute atomic E-state index is 0.832. The molecule has 0 saturated heterocycles. The van der Waals surface area contributed by atoms with Crippen molar-refractivity contribution in [3.63, 3.8) is 0 Å². The van der Waals surface area contributed by atoms with Gasteiger partial charge in [0.2, 0.25) is 0 Å². The molecule has 0 heterocycles. The Kier molecular flexibility index (Phi) is 8.36. The Hall–Kier alpha value is -6.78. The molecule has 9 aromatic carbocycles. The molecule has 0 aromatic heterocycles. The SMILES string of the molecule is COc1ccc(N(c2ccc3c(C)c4cc(N(c5ccc(OC)cc5)c5cccc6ccccc56)ccc4c(C)c3c2)c2cccc3ccccc23)cc1. The van der Waals surface area contributed by atoms with Gasteiger partial charge in [-0.3, -0.25) is 0 Å². The second-order valence-electron chi connectivity index (χ2n) is 13.8. The summed E-state index contributed by atoms with van der Waals surface area (Å²) in [5, 5.41) is 9.77. The van der Waals surface area contributed by atoms with E-state index in [9.17, 15) is 0 Å². The number of ether oxygens (including phenoxy) is 2. The van der Waals surface area contributed by atoms with E-state index in [-0.39, 0.29) is 0 Å². The van der Waals surface area contributed by atoms with Crippen molar-refractivity contribution in [3.05, 3.63) is 181 Å². The molecule has 0 aliphatic heterocycles. The highest BCUT2D eigenvalue weighted by atomic mass is 16.5. The summed E-state index contributed by atoms with van der Waals surface area (Å²) >= 11 is 0. The van der Waals surface area contributed by atoms with Gasteiger partial charge in [-0.15, -0.1) is 0 Å². The largest absolute Gasteiger partial charge is 0.497 e. The zero-order valence-electron chi connectivity index (χ0n) is 30.9. The first-order chi connectivity index (χ1) is 26.5. The van der Waals surface area contributed by atoms with Crippen LogP contribution in [0.25, 0.3) is 43.1 Å². The molecule has 0 N–H and O–H groups in total. The van der Waals surface area contributed by atoms with Crippen LogP contribution in [-0.2, 0) is 0 Å². The molecule has 0 radical (unpaired) electrons. The predicted molar refractivity (Wildman–Crippen MR) is 228 cm³/mol. The molecule has 262 valence electrons. The van der Waals surface area contributed by atoms with Crippen LogP contribution in [0.2, 0.25) is 0 Å². The van der Waals surface area contributed by atoms with E-state index in [1.165, 1.54) is 54.2 Å². The first-order valence-corrected chi connectivity index (χ1v) is 18.3. The second-order valence-corrected chi connectivity index (χ2v) is 13.8. The lowest BCUT2D eigenvalue weighted by Gasteiger charge is -2.28. The molecule has 9 aromatic rings. The summed E-state index contributed by atoms with van der Waals surface area (Å²) in [6.07, 6.45) is 0. The molecule has 9 rings (SSSR count). The molecular formula is C50H40N2O2. The van der Waals surface area contributed by atoms with E-state index in [0.29, 0.717) is 0 Å². The monoisotopic (exact) mass is 700 g/mol. The molecule has 0 fully saturated rings. The predicted octanol–water partition coefficient (Wildman–Crippen LogP) is 13.9. The molecule has 0 amide bonds. The fourth-order valence-corrected chi connectivity index (χ4v) is 8.03. The number of benzene rings is 9. The topological polar surface area (TPSA) is 24.9 Å². The fourth-order valence-electron chi connectivity index (χ4n) is 8.03. The molecule has 0 aliphatic rings. The molecular weight excluding hydrogens is 661 g/mol. The van der Waals surface area contributed by atoms with Gasteiger partial charge in [0.05, 0.1) is 25.6 Å². The van der Waals surface area contributed by atoms with E-state index in [1.807, 2.05) is 24.3 Å². The van der Waals surface area contributed by atoms with Crippen LogP contribution in [0, 0.1) is 13.8 Å². The smallest absolute Gasteiger partial charge is 0.119 e. The molecule has 0 aliphatic carbocycles. The number of methoxy groups -OCH3 is 2. The van der Waals surface area contributed by atoms with Gasteiger partial charge in [0.25, 0.3) is 0 Å². The third-order valence-electron chi connectivity index (χ3n) is 10.8. The zero-order valence-corrected chi connectivity index (χ0v) is 30.9. The van der Waals surface area contributed by atoms with Crippen LogP contribution in [0.15, 0.2) is 170 Å². The van der Waals surface area contributed by atoms with Crippen LogP contribution in [0.3, 0.4) is 0 Å². The first kappa shape index (κ1) is 33.1. The van der Waals surface area contributed by atoms with Crippen molar-refractivity contribution in [1.82, 2.24) is 0 Å². The van der Waals surface area contributed by atoms with Crippen molar-refractivity contribution in [1.29, 1.82) is 0 Å². The van der Waals surface area contributed by atoms with Gasteiger partial charge in [0, 0.05) is 33.5 Å². The minimum atomic E-state index is 0.832. The van der Waals surface area contributed by atoms with Gasteiger partial charge in [-0.05, 0) is 142 Å². The van der Waals surface area contributed by atoms with Crippen LogP contribution in [0.5, 0.6) is 11.5 Å². The van der Waals surface area contributed by atoms with Crippen LogP contribution < -0.4 is 19.3 Å².